The molecule has 3 N–H and O–H groups in total. The zero-order valence-electron chi connectivity index (χ0n) is 9.87. The molecule has 15 heavy (non-hydrogen) atoms. The van der Waals surface area contributed by atoms with Crippen LogP contribution in [0.1, 0.15) is 19.5 Å². The van der Waals surface area contributed by atoms with Crippen LogP contribution in [0, 0.1) is 6.92 Å². The Labute approximate surface area is 90.6 Å². The molecule has 1 heterocycles. The van der Waals surface area contributed by atoms with Gasteiger partial charge in [0.15, 0.2) is 0 Å². The van der Waals surface area contributed by atoms with Gasteiger partial charge in [0.25, 0.3) is 0 Å². The SMILES string of the molecule is CCn1nc(C)c(N)c1NC(C)COC. The van der Waals surface area contributed by atoms with Gasteiger partial charge in [0, 0.05) is 19.7 Å². The van der Waals surface area contributed by atoms with Crippen molar-refractivity contribution in [3.8, 4) is 0 Å². The average Bonchev–Trinajstić information content (AvgIpc) is 2.46. The van der Waals surface area contributed by atoms with Gasteiger partial charge < -0.3 is 15.8 Å². The van der Waals surface area contributed by atoms with Crippen molar-refractivity contribution in [3.05, 3.63) is 5.69 Å². The highest BCUT2D eigenvalue weighted by Gasteiger charge is 2.13. The smallest absolute Gasteiger partial charge is 0.148 e. The van der Waals surface area contributed by atoms with Crippen molar-refractivity contribution >= 4 is 11.5 Å². The lowest BCUT2D eigenvalue weighted by molar-refractivity contribution is 0.190. The van der Waals surface area contributed by atoms with Crippen molar-refractivity contribution in [2.75, 3.05) is 24.8 Å². The van der Waals surface area contributed by atoms with Crippen molar-refractivity contribution < 1.29 is 4.74 Å². The van der Waals surface area contributed by atoms with Crippen LogP contribution in [-0.4, -0.2) is 29.5 Å². The highest BCUT2D eigenvalue weighted by atomic mass is 16.5. The molecule has 0 fully saturated rings. The average molecular weight is 212 g/mol. The van der Waals surface area contributed by atoms with Gasteiger partial charge in [0.05, 0.1) is 18.0 Å². The van der Waals surface area contributed by atoms with Crippen molar-refractivity contribution in [1.29, 1.82) is 0 Å². The fraction of sp³-hybridized carbons (Fsp3) is 0.700. The third kappa shape index (κ3) is 2.62. The molecule has 0 bridgehead atoms. The number of ether oxygens (including phenoxy) is 1. The Hall–Kier alpha value is -1.23. The van der Waals surface area contributed by atoms with E-state index in [1.54, 1.807) is 7.11 Å². The number of anilines is 2. The zero-order valence-corrected chi connectivity index (χ0v) is 9.87. The number of aryl methyl sites for hydroxylation is 2. The second-order valence-electron chi connectivity index (χ2n) is 3.66. The van der Waals surface area contributed by atoms with E-state index in [1.807, 2.05) is 25.5 Å². The highest BCUT2D eigenvalue weighted by molar-refractivity contribution is 5.65. The van der Waals surface area contributed by atoms with Gasteiger partial charge in [-0.3, -0.25) is 0 Å². The van der Waals surface area contributed by atoms with Gasteiger partial charge in [0.1, 0.15) is 5.82 Å². The quantitative estimate of drug-likeness (QED) is 0.770. The Morgan fingerprint density at radius 2 is 2.27 bits per heavy atom. The summed E-state index contributed by atoms with van der Waals surface area (Å²) < 4.78 is 6.93. The normalized spacial score (nSPS) is 12.8. The predicted octanol–water partition coefficient (Wildman–Crippen LogP) is 1.24. The van der Waals surface area contributed by atoms with E-state index in [9.17, 15) is 0 Å². The van der Waals surface area contributed by atoms with Crippen LogP contribution in [0.5, 0.6) is 0 Å². The summed E-state index contributed by atoms with van der Waals surface area (Å²) >= 11 is 0. The molecule has 0 aliphatic carbocycles. The number of rotatable bonds is 5. The molecule has 86 valence electrons. The molecule has 0 aromatic carbocycles. The Balaban J connectivity index is 2.82. The fourth-order valence-electron chi connectivity index (χ4n) is 1.50. The Morgan fingerprint density at radius 3 is 2.80 bits per heavy atom. The molecule has 1 aromatic heterocycles. The topological polar surface area (TPSA) is 65.1 Å². The molecular formula is C10H20N4O. The number of hydrogen-bond acceptors (Lipinski definition) is 4. The lowest BCUT2D eigenvalue weighted by Gasteiger charge is -2.15. The largest absolute Gasteiger partial charge is 0.394 e. The summed E-state index contributed by atoms with van der Waals surface area (Å²) in [5.41, 5.74) is 7.52. The van der Waals surface area contributed by atoms with Crippen LogP contribution in [0.25, 0.3) is 0 Å². The van der Waals surface area contributed by atoms with Crippen molar-refractivity contribution in [3.63, 3.8) is 0 Å². The number of nitrogens with two attached hydrogens (primary N) is 1. The number of aromatic nitrogens is 2. The maximum Gasteiger partial charge on any atom is 0.148 e. The van der Waals surface area contributed by atoms with E-state index in [1.165, 1.54) is 0 Å². The number of nitrogens with zero attached hydrogens (tertiary/aromatic N) is 2. The summed E-state index contributed by atoms with van der Waals surface area (Å²) in [4.78, 5) is 0. The third-order valence-electron chi connectivity index (χ3n) is 2.27. The summed E-state index contributed by atoms with van der Waals surface area (Å²) in [6.45, 7) is 7.45. The van der Waals surface area contributed by atoms with Crippen LogP contribution < -0.4 is 11.1 Å². The van der Waals surface area contributed by atoms with Gasteiger partial charge >= 0.3 is 0 Å². The van der Waals surface area contributed by atoms with E-state index < -0.39 is 0 Å². The summed E-state index contributed by atoms with van der Waals surface area (Å²) in [5, 5.41) is 7.63. The number of nitrogen functional groups attached to an aromatic ring is 1. The van der Waals surface area contributed by atoms with Crippen LogP contribution in [0.15, 0.2) is 0 Å². The van der Waals surface area contributed by atoms with Crippen LogP contribution in [0.4, 0.5) is 11.5 Å². The van der Waals surface area contributed by atoms with Crippen LogP contribution >= 0.6 is 0 Å². The standard InChI is InChI=1S/C10H20N4O/c1-5-14-10(9(11)8(3)13-14)12-7(2)6-15-4/h7,12H,5-6,11H2,1-4H3. The lowest BCUT2D eigenvalue weighted by Crippen LogP contribution is -2.23. The molecule has 0 aliphatic rings. The Morgan fingerprint density at radius 1 is 1.60 bits per heavy atom. The Kier molecular flexibility index (Phi) is 3.96. The molecule has 1 unspecified atom stereocenters. The van der Waals surface area contributed by atoms with E-state index in [0.29, 0.717) is 6.61 Å². The first kappa shape index (κ1) is 11.8. The first-order valence-electron chi connectivity index (χ1n) is 5.18. The minimum atomic E-state index is 0.221. The molecule has 1 aromatic rings. The van der Waals surface area contributed by atoms with E-state index in [2.05, 4.69) is 10.4 Å². The molecule has 0 saturated heterocycles. The number of nitrogens with one attached hydrogen (secondary N) is 1. The van der Waals surface area contributed by atoms with Crippen LogP contribution in [-0.2, 0) is 11.3 Å². The van der Waals surface area contributed by atoms with E-state index in [-0.39, 0.29) is 6.04 Å². The predicted molar refractivity (Wildman–Crippen MR) is 62.0 cm³/mol. The van der Waals surface area contributed by atoms with E-state index in [0.717, 1.165) is 23.7 Å². The second-order valence-corrected chi connectivity index (χ2v) is 3.66. The molecule has 0 aliphatic heterocycles. The van der Waals surface area contributed by atoms with Crippen LogP contribution in [0.3, 0.4) is 0 Å². The van der Waals surface area contributed by atoms with Gasteiger partial charge in [-0.2, -0.15) is 5.10 Å². The molecule has 5 nitrogen and oxygen atoms in total. The minimum Gasteiger partial charge on any atom is -0.394 e. The summed E-state index contributed by atoms with van der Waals surface area (Å²) in [7, 11) is 1.68. The lowest BCUT2D eigenvalue weighted by atomic mass is 10.3. The van der Waals surface area contributed by atoms with E-state index >= 15 is 0 Å². The molecule has 0 spiro atoms. The molecule has 0 saturated carbocycles. The second kappa shape index (κ2) is 5.02. The molecule has 0 radical (unpaired) electrons. The van der Waals surface area contributed by atoms with E-state index in [4.69, 9.17) is 10.5 Å². The van der Waals surface area contributed by atoms with Gasteiger partial charge in [-0.25, -0.2) is 4.68 Å². The van der Waals surface area contributed by atoms with Crippen molar-refractivity contribution in [2.45, 2.75) is 33.4 Å². The van der Waals surface area contributed by atoms with Gasteiger partial charge in [-0.05, 0) is 20.8 Å². The third-order valence-corrected chi connectivity index (χ3v) is 2.27. The molecule has 0 amide bonds. The van der Waals surface area contributed by atoms with Crippen molar-refractivity contribution in [1.82, 2.24) is 9.78 Å². The molecule has 1 atom stereocenters. The fourth-order valence-corrected chi connectivity index (χ4v) is 1.50. The summed E-state index contributed by atoms with van der Waals surface area (Å²) in [6, 6.07) is 0.221. The molecule has 1 rings (SSSR count). The maximum absolute atomic E-state index is 5.94. The number of hydrogen-bond donors (Lipinski definition) is 2. The highest BCUT2D eigenvalue weighted by Crippen LogP contribution is 2.22. The monoisotopic (exact) mass is 212 g/mol. The van der Waals surface area contributed by atoms with Crippen molar-refractivity contribution in [2.24, 2.45) is 0 Å². The maximum atomic E-state index is 5.94. The number of methoxy groups -OCH3 is 1. The minimum absolute atomic E-state index is 0.221. The summed E-state index contributed by atoms with van der Waals surface area (Å²) in [5.74, 6) is 0.888. The molecular weight excluding hydrogens is 192 g/mol. The first-order valence-corrected chi connectivity index (χ1v) is 5.18. The molecule has 5 heteroatoms. The summed E-state index contributed by atoms with van der Waals surface area (Å²) in [6.07, 6.45) is 0. The first-order chi connectivity index (χ1) is 7.10. The Bertz CT molecular complexity index is 321. The zero-order chi connectivity index (χ0) is 11.4. The van der Waals surface area contributed by atoms with Gasteiger partial charge in [0.2, 0.25) is 0 Å². The van der Waals surface area contributed by atoms with Gasteiger partial charge in [-0.15, -0.1) is 0 Å². The van der Waals surface area contributed by atoms with Gasteiger partial charge in [-0.1, -0.05) is 0 Å². The van der Waals surface area contributed by atoms with Crippen LogP contribution in [0.2, 0.25) is 0 Å².